The third kappa shape index (κ3) is 3.62. The Hall–Kier alpha value is -0.220. The van der Waals surface area contributed by atoms with E-state index in [4.69, 9.17) is 27.9 Å². The van der Waals surface area contributed by atoms with E-state index in [1.54, 1.807) is 23.9 Å². The Balaban J connectivity index is 1.99. The van der Waals surface area contributed by atoms with Crippen molar-refractivity contribution in [3.05, 3.63) is 33.8 Å². The van der Waals surface area contributed by atoms with Crippen LogP contribution in [-0.4, -0.2) is 30.0 Å². The monoisotopic (exact) mass is 290 g/mol. The van der Waals surface area contributed by atoms with Crippen molar-refractivity contribution in [1.29, 1.82) is 0 Å². The highest BCUT2D eigenvalue weighted by Gasteiger charge is 2.22. The van der Waals surface area contributed by atoms with Crippen LogP contribution in [0.15, 0.2) is 18.2 Å². The number of halogens is 2. The van der Waals surface area contributed by atoms with E-state index in [1.165, 1.54) is 0 Å². The van der Waals surface area contributed by atoms with Crippen LogP contribution in [0.3, 0.4) is 0 Å². The second kappa shape index (κ2) is 6.10. The lowest BCUT2D eigenvalue weighted by Gasteiger charge is -2.21. The summed E-state index contributed by atoms with van der Waals surface area (Å²) in [5.74, 6) is 1.83. The van der Waals surface area contributed by atoms with Gasteiger partial charge in [-0.1, -0.05) is 29.3 Å². The van der Waals surface area contributed by atoms with Gasteiger partial charge in [-0.25, -0.2) is 0 Å². The minimum atomic E-state index is -0.275. The molecule has 1 aliphatic heterocycles. The summed E-state index contributed by atoms with van der Waals surface area (Å²) in [6.07, 6.45) is 0.0745. The average Bonchev–Trinajstić information content (AvgIpc) is 2.35. The first-order valence-corrected chi connectivity index (χ1v) is 7.24. The molecule has 0 bridgehead atoms. The molecule has 5 heteroatoms. The van der Waals surface area contributed by atoms with E-state index in [9.17, 15) is 4.79 Å². The Bertz CT molecular complexity index is 417. The molecule has 2 nitrogen and oxygen atoms in total. The number of benzene rings is 1. The average molecular weight is 291 g/mol. The summed E-state index contributed by atoms with van der Waals surface area (Å²) in [5.41, 5.74) is 0.878. The number of thioether (sulfide) groups is 1. The number of rotatable bonds is 3. The summed E-state index contributed by atoms with van der Waals surface area (Å²) in [6.45, 7) is 0.655. The first-order valence-electron chi connectivity index (χ1n) is 5.33. The minimum absolute atomic E-state index is 0.107. The summed E-state index contributed by atoms with van der Waals surface area (Å²) >= 11 is 13.5. The van der Waals surface area contributed by atoms with Crippen molar-refractivity contribution in [2.24, 2.45) is 0 Å². The van der Waals surface area contributed by atoms with Gasteiger partial charge in [-0.15, -0.1) is 0 Å². The van der Waals surface area contributed by atoms with Crippen LogP contribution >= 0.6 is 35.0 Å². The molecule has 0 spiro atoms. The van der Waals surface area contributed by atoms with Crippen LogP contribution in [-0.2, 0) is 16.0 Å². The maximum atomic E-state index is 11.9. The van der Waals surface area contributed by atoms with Gasteiger partial charge in [0.1, 0.15) is 6.10 Å². The SMILES string of the molecule is O=C(Cc1ccc(Cl)c(Cl)c1)C1CSCCO1. The lowest BCUT2D eigenvalue weighted by molar-refractivity contribution is -0.128. The molecule has 1 aromatic carbocycles. The van der Waals surface area contributed by atoms with Crippen molar-refractivity contribution in [2.75, 3.05) is 18.1 Å². The molecule has 0 amide bonds. The fraction of sp³-hybridized carbons (Fsp3) is 0.417. The lowest BCUT2D eigenvalue weighted by atomic mass is 10.1. The van der Waals surface area contributed by atoms with Crippen LogP contribution in [0.2, 0.25) is 10.0 Å². The molecule has 92 valence electrons. The fourth-order valence-electron chi connectivity index (χ4n) is 1.64. The zero-order valence-electron chi connectivity index (χ0n) is 9.12. The highest BCUT2D eigenvalue weighted by atomic mass is 35.5. The molecule has 1 heterocycles. The van der Waals surface area contributed by atoms with Crippen molar-refractivity contribution in [3.8, 4) is 0 Å². The Morgan fingerprint density at radius 1 is 1.41 bits per heavy atom. The van der Waals surface area contributed by atoms with Gasteiger partial charge in [-0.3, -0.25) is 4.79 Å². The largest absolute Gasteiger partial charge is 0.369 e. The van der Waals surface area contributed by atoms with Gasteiger partial charge in [0, 0.05) is 17.9 Å². The number of hydrogen-bond donors (Lipinski definition) is 0. The molecule has 1 atom stereocenters. The van der Waals surface area contributed by atoms with E-state index in [-0.39, 0.29) is 11.9 Å². The third-order valence-electron chi connectivity index (χ3n) is 2.54. The van der Waals surface area contributed by atoms with Crippen molar-refractivity contribution < 1.29 is 9.53 Å². The standard InChI is InChI=1S/C12H12Cl2O2S/c13-9-2-1-8(5-10(9)14)6-11(15)12-7-17-4-3-16-12/h1-2,5,12H,3-4,6-7H2. The molecule has 0 N–H and O–H groups in total. The molecule has 1 unspecified atom stereocenters. The van der Waals surface area contributed by atoms with Crippen LogP contribution in [0.5, 0.6) is 0 Å². The van der Waals surface area contributed by atoms with Crippen LogP contribution < -0.4 is 0 Å². The number of carbonyl (C=O) groups is 1. The summed E-state index contributed by atoms with van der Waals surface area (Å²) < 4.78 is 5.44. The number of hydrogen-bond acceptors (Lipinski definition) is 3. The molecule has 0 aromatic heterocycles. The molecule has 1 aliphatic rings. The van der Waals surface area contributed by atoms with Crippen molar-refractivity contribution in [1.82, 2.24) is 0 Å². The number of Topliss-reactive ketones (excluding diaryl/α,β-unsaturated/α-hetero) is 1. The highest BCUT2D eigenvalue weighted by Crippen LogP contribution is 2.23. The Labute approximate surface area is 115 Å². The maximum absolute atomic E-state index is 11.9. The van der Waals surface area contributed by atoms with Crippen LogP contribution in [0.1, 0.15) is 5.56 Å². The highest BCUT2D eigenvalue weighted by molar-refractivity contribution is 7.99. The molecule has 2 rings (SSSR count). The minimum Gasteiger partial charge on any atom is -0.369 e. The van der Waals surface area contributed by atoms with Gasteiger partial charge >= 0.3 is 0 Å². The molecule has 1 saturated heterocycles. The second-order valence-corrected chi connectivity index (χ2v) is 5.79. The Morgan fingerprint density at radius 3 is 2.88 bits per heavy atom. The van der Waals surface area contributed by atoms with Crippen molar-refractivity contribution in [3.63, 3.8) is 0 Å². The summed E-state index contributed by atoms with van der Waals surface area (Å²) in [6, 6.07) is 5.27. The summed E-state index contributed by atoms with van der Waals surface area (Å²) in [7, 11) is 0. The lowest BCUT2D eigenvalue weighted by Crippen LogP contribution is -2.32. The molecule has 0 radical (unpaired) electrons. The summed E-state index contributed by atoms with van der Waals surface area (Å²) in [4.78, 5) is 11.9. The van der Waals surface area contributed by atoms with Gasteiger partial charge < -0.3 is 4.74 Å². The number of carbonyl (C=O) groups excluding carboxylic acids is 1. The van der Waals surface area contributed by atoms with Crippen LogP contribution in [0.25, 0.3) is 0 Å². The van der Waals surface area contributed by atoms with E-state index in [0.717, 1.165) is 17.1 Å². The first kappa shape index (κ1) is 13.2. The van der Waals surface area contributed by atoms with Gasteiger partial charge in [-0.2, -0.15) is 11.8 Å². The summed E-state index contributed by atoms with van der Waals surface area (Å²) in [5, 5.41) is 0.989. The molecular weight excluding hydrogens is 279 g/mol. The number of ketones is 1. The Kier molecular flexibility index (Phi) is 4.74. The maximum Gasteiger partial charge on any atom is 0.166 e. The second-order valence-electron chi connectivity index (χ2n) is 3.83. The third-order valence-corrected chi connectivity index (χ3v) is 4.27. The molecular formula is C12H12Cl2O2S. The van der Waals surface area contributed by atoms with E-state index < -0.39 is 0 Å². The Morgan fingerprint density at radius 2 is 2.24 bits per heavy atom. The van der Waals surface area contributed by atoms with E-state index in [2.05, 4.69) is 0 Å². The van der Waals surface area contributed by atoms with Gasteiger partial charge in [0.05, 0.1) is 16.7 Å². The number of ether oxygens (including phenoxy) is 1. The van der Waals surface area contributed by atoms with Gasteiger partial charge in [-0.05, 0) is 17.7 Å². The zero-order chi connectivity index (χ0) is 12.3. The molecule has 0 aliphatic carbocycles. The van der Waals surface area contributed by atoms with E-state index in [0.29, 0.717) is 23.1 Å². The molecule has 17 heavy (non-hydrogen) atoms. The fourth-order valence-corrected chi connectivity index (χ4v) is 2.84. The van der Waals surface area contributed by atoms with Crippen LogP contribution in [0.4, 0.5) is 0 Å². The van der Waals surface area contributed by atoms with Crippen LogP contribution in [0, 0.1) is 0 Å². The van der Waals surface area contributed by atoms with Crippen molar-refractivity contribution in [2.45, 2.75) is 12.5 Å². The van der Waals surface area contributed by atoms with Crippen molar-refractivity contribution >= 4 is 40.7 Å². The normalized spacial score (nSPS) is 20.2. The predicted molar refractivity (Wildman–Crippen MR) is 72.2 cm³/mol. The predicted octanol–water partition coefficient (Wildman–Crippen LogP) is 3.24. The molecule has 1 fully saturated rings. The first-order chi connectivity index (χ1) is 8.16. The van der Waals surface area contributed by atoms with Gasteiger partial charge in [0.2, 0.25) is 0 Å². The smallest absolute Gasteiger partial charge is 0.166 e. The topological polar surface area (TPSA) is 26.3 Å². The molecule has 1 aromatic rings. The van der Waals surface area contributed by atoms with E-state index >= 15 is 0 Å². The zero-order valence-corrected chi connectivity index (χ0v) is 11.4. The quantitative estimate of drug-likeness (QED) is 0.855. The molecule has 0 saturated carbocycles. The van der Waals surface area contributed by atoms with Gasteiger partial charge in [0.15, 0.2) is 5.78 Å². The van der Waals surface area contributed by atoms with Gasteiger partial charge in [0.25, 0.3) is 0 Å². The van der Waals surface area contributed by atoms with E-state index in [1.807, 2.05) is 6.07 Å².